The highest BCUT2D eigenvalue weighted by molar-refractivity contribution is 8.01. The highest BCUT2D eigenvalue weighted by Gasteiger charge is 2.10. The SMILES string of the molecule is CCc1ccc(Nc2nnc(SCC(=O)Nc3cc(C)ccc3C)s2)cc1. The lowest BCUT2D eigenvalue weighted by atomic mass is 10.1. The van der Waals surface area contributed by atoms with Gasteiger partial charge in [-0.3, -0.25) is 4.79 Å². The van der Waals surface area contributed by atoms with E-state index in [1.165, 1.54) is 28.7 Å². The Balaban J connectivity index is 1.52. The van der Waals surface area contributed by atoms with E-state index >= 15 is 0 Å². The fourth-order valence-corrected chi connectivity index (χ4v) is 4.02. The molecule has 0 aliphatic carbocycles. The van der Waals surface area contributed by atoms with E-state index in [1.54, 1.807) is 0 Å². The van der Waals surface area contributed by atoms with Crippen molar-refractivity contribution in [2.45, 2.75) is 31.5 Å². The smallest absolute Gasteiger partial charge is 0.234 e. The van der Waals surface area contributed by atoms with Gasteiger partial charge in [-0.1, -0.05) is 54.3 Å². The van der Waals surface area contributed by atoms with Crippen LogP contribution in [0.2, 0.25) is 0 Å². The molecule has 0 saturated heterocycles. The zero-order valence-corrected chi connectivity index (χ0v) is 17.2. The molecule has 2 aromatic carbocycles. The van der Waals surface area contributed by atoms with Crippen LogP contribution in [0.4, 0.5) is 16.5 Å². The summed E-state index contributed by atoms with van der Waals surface area (Å²) in [6, 6.07) is 14.3. The summed E-state index contributed by atoms with van der Waals surface area (Å²) in [6.45, 7) is 6.13. The molecule has 0 spiro atoms. The minimum Gasteiger partial charge on any atom is -0.330 e. The number of thioether (sulfide) groups is 1. The lowest BCUT2D eigenvalue weighted by Crippen LogP contribution is -2.14. The number of carbonyl (C=O) groups excluding carboxylic acids is 1. The Morgan fingerprint density at radius 1 is 1.11 bits per heavy atom. The van der Waals surface area contributed by atoms with E-state index in [4.69, 9.17) is 0 Å². The molecule has 0 saturated carbocycles. The normalized spacial score (nSPS) is 10.6. The van der Waals surface area contributed by atoms with Crippen LogP contribution < -0.4 is 10.6 Å². The van der Waals surface area contributed by atoms with Gasteiger partial charge in [-0.25, -0.2) is 0 Å². The number of nitrogens with one attached hydrogen (secondary N) is 2. The van der Waals surface area contributed by atoms with Gasteiger partial charge in [0.2, 0.25) is 11.0 Å². The number of hydrogen-bond donors (Lipinski definition) is 2. The van der Waals surface area contributed by atoms with Crippen LogP contribution in [0.3, 0.4) is 0 Å². The first kappa shape index (κ1) is 19.4. The maximum Gasteiger partial charge on any atom is 0.234 e. The quantitative estimate of drug-likeness (QED) is 0.536. The highest BCUT2D eigenvalue weighted by Crippen LogP contribution is 2.28. The van der Waals surface area contributed by atoms with Crippen molar-refractivity contribution in [1.29, 1.82) is 0 Å². The largest absolute Gasteiger partial charge is 0.330 e. The van der Waals surface area contributed by atoms with Crippen LogP contribution in [-0.4, -0.2) is 21.9 Å². The first-order chi connectivity index (χ1) is 13.0. The highest BCUT2D eigenvalue weighted by atomic mass is 32.2. The fourth-order valence-electron chi connectivity index (χ4n) is 2.45. The van der Waals surface area contributed by atoms with Crippen molar-refractivity contribution in [3.05, 3.63) is 59.2 Å². The molecule has 27 heavy (non-hydrogen) atoms. The Kier molecular flexibility index (Phi) is 6.47. The van der Waals surface area contributed by atoms with E-state index in [1.807, 2.05) is 44.2 Å². The third kappa shape index (κ3) is 5.55. The molecule has 7 heteroatoms. The van der Waals surface area contributed by atoms with Crippen molar-refractivity contribution in [2.75, 3.05) is 16.4 Å². The number of aromatic nitrogens is 2. The number of rotatable bonds is 7. The number of hydrogen-bond acceptors (Lipinski definition) is 6. The molecule has 0 radical (unpaired) electrons. The first-order valence-electron chi connectivity index (χ1n) is 8.73. The number of nitrogens with zero attached hydrogens (tertiary/aromatic N) is 2. The molecule has 1 heterocycles. The number of benzene rings is 2. The van der Waals surface area contributed by atoms with Crippen molar-refractivity contribution >= 4 is 45.5 Å². The van der Waals surface area contributed by atoms with Crippen LogP contribution in [0, 0.1) is 13.8 Å². The lowest BCUT2D eigenvalue weighted by molar-refractivity contribution is -0.113. The summed E-state index contributed by atoms with van der Waals surface area (Å²) >= 11 is 2.83. The van der Waals surface area contributed by atoms with Gasteiger partial charge in [0.15, 0.2) is 4.34 Å². The lowest BCUT2D eigenvalue weighted by Gasteiger charge is -2.08. The van der Waals surface area contributed by atoms with Crippen LogP contribution in [-0.2, 0) is 11.2 Å². The number of aryl methyl sites for hydroxylation is 3. The monoisotopic (exact) mass is 398 g/mol. The van der Waals surface area contributed by atoms with E-state index in [-0.39, 0.29) is 5.91 Å². The number of carbonyl (C=O) groups is 1. The molecule has 1 aromatic heterocycles. The summed E-state index contributed by atoms with van der Waals surface area (Å²) in [7, 11) is 0. The third-order valence-corrected chi connectivity index (χ3v) is 5.99. The molecule has 5 nitrogen and oxygen atoms in total. The van der Waals surface area contributed by atoms with Gasteiger partial charge in [-0.2, -0.15) is 0 Å². The maximum absolute atomic E-state index is 12.2. The predicted molar refractivity (Wildman–Crippen MR) is 114 cm³/mol. The molecule has 1 amide bonds. The van der Waals surface area contributed by atoms with E-state index in [0.717, 1.165) is 38.4 Å². The molecule has 0 aliphatic rings. The van der Waals surface area contributed by atoms with E-state index in [0.29, 0.717) is 5.75 Å². The zero-order chi connectivity index (χ0) is 19.2. The Morgan fingerprint density at radius 2 is 1.89 bits per heavy atom. The van der Waals surface area contributed by atoms with Gasteiger partial charge in [0.25, 0.3) is 0 Å². The molecule has 0 atom stereocenters. The maximum atomic E-state index is 12.2. The molecular formula is C20H22N4OS2. The standard InChI is InChI=1S/C20H22N4OS2/c1-4-15-7-9-16(10-8-15)21-19-23-24-20(27-19)26-12-18(25)22-17-11-13(2)5-6-14(17)3/h5-11H,4,12H2,1-3H3,(H,21,23)(H,22,25). The van der Waals surface area contributed by atoms with Crippen LogP contribution in [0.5, 0.6) is 0 Å². The summed E-state index contributed by atoms with van der Waals surface area (Å²) in [5, 5.41) is 15.2. The van der Waals surface area contributed by atoms with E-state index in [9.17, 15) is 4.79 Å². The molecule has 0 aliphatic heterocycles. The average molecular weight is 399 g/mol. The topological polar surface area (TPSA) is 66.9 Å². The fraction of sp³-hybridized carbons (Fsp3) is 0.250. The first-order valence-corrected chi connectivity index (χ1v) is 10.5. The predicted octanol–water partition coefficient (Wildman–Crippen LogP) is 5.19. The van der Waals surface area contributed by atoms with Gasteiger partial charge in [0.05, 0.1) is 5.75 Å². The third-order valence-electron chi connectivity index (χ3n) is 4.01. The summed E-state index contributed by atoms with van der Waals surface area (Å²) in [4.78, 5) is 12.2. The minimum absolute atomic E-state index is 0.0476. The minimum atomic E-state index is -0.0476. The number of amides is 1. The molecule has 0 bridgehead atoms. The van der Waals surface area contributed by atoms with Crippen molar-refractivity contribution in [3.63, 3.8) is 0 Å². The van der Waals surface area contributed by atoms with Crippen molar-refractivity contribution < 1.29 is 4.79 Å². The average Bonchev–Trinajstić information content (AvgIpc) is 3.11. The Labute approximate surface area is 167 Å². The van der Waals surface area contributed by atoms with Crippen LogP contribution in [0.25, 0.3) is 0 Å². The molecular weight excluding hydrogens is 376 g/mol. The molecule has 0 fully saturated rings. The summed E-state index contributed by atoms with van der Waals surface area (Å²) in [6.07, 6.45) is 1.02. The zero-order valence-electron chi connectivity index (χ0n) is 15.6. The summed E-state index contributed by atoms with van der Waals surface area (Å²) in [5.74, 6) is 0.251. The van der Waals surface area contributed by atoms with Gasteiger partial charge in [0.1, 0.15) is 0 Å². The van der Waals surface area contributed by atoms with Gasteiger partial charge < -0.3 is 10.6 Å². The second-order valence-corrected chi connectivity index (χ2v) is 8.40. The Bertz CT molecular complexity index is 922. The molecule has 140 valence electrons. The molecule has 3 rings (SSSR count). The van der Waals surface area contributed by atoms with Crippen molar-refractivity contribution in [1.82, 2.24) is 10.2 Å². The Hall–Kier alpha value is -2.38. The summed E-state index contributed by atoms with van der Waals surface area (Å²) in [5.41, 5.74) is 5.30. The van der Waals surface area contributed by atoms with Crippen LogP contribution in [0.1, 0.15) is 23.6 Å². The molecule has 3 aromatic rings. The van der Waals surface area contributed by atoms with Gasteiger partial charge in [-0.05, 0) is 55.2 Å². The second-order valence-electron chi connectivity index (χ2n) is 6.20. The van der Waals surface area contributed by atoms with E-state index < -0.39 is 0 Å². The second kappa shape index (κ2) is 9.01. The Morgan fingerprint density at radius 3 is 2.63 bits per heavy atom. The van der Waals surface area contributed by atoms with Crippen LogP contribution >= 0.6 is 23.1 Å². The molecule has 0 unspecified atom stereocenters. The van der Waals surface area contributed by atoms with Crippen LogP contribution in [0.15, 0.2) is 46.8 Å². The summed E-state index contributed by atoms with van der Waals surface area (Å²) < 4.78 is 0.763. The molecule has 2 N–H and O–H groups in total. The van der Waals surface area contributed by atoms with E-state index in [2.05, 4.69) is 39.9 Å². The van der Waals surface area contributed by atoms with Gasteiger partial charge in [-0.15, -0.1) is 10.2 Å². The van der Waals surface area contributed by atoms with Crippen molar-refractivity contribution in [3.8, 4) is 0 Å². The van der Waals surface area contributed by atoms with Crippen molar-refractivity contribution in [2.24, 2.45) is 0 Å². The van der Waals surface area contributed by atoms with Gasteiger partial charge in [0, 0.05) is 11.4 Å². The van der Waals surface area contributed by atoms with Gasteiger partial charge >= 0.3 is 0 Å². The number of anilines is 3.